The third kappa shape index (κ3) is 4.24. The summed E-state index contributed by atoms with van der Waals surface area (Å²) < 4.78 is 17.8. The lowest BCUT2D eigenvalue weighted by molar-refractivity contribution is -0.121. The molecule has 0 atom stereocenters. The van der Waals surface area contributed by atoms with Gasteiger partial charge in [0.25, 0.3) is 5.56 Å². The van der Waals surface area contributed by atoms with Crippen molar-refractivity contribution < 1.29 is 19.0 Å². The molecule has 0 saturated carbocycles. The Morgan fingerprint density at radius 3 is 2.93 bits per heavy atom. The van der Waals surface area contributed by atoms with Gasteiger partial charge in [-0.1, -0.05) is 12.1 Å². The third-order valence-corrected chi connectivity index (χ3v) is 4.81. The van der Waals surface area contributed by atoms with E-state index in [4.69, 9.17) is 26.4 Å². The average Bonchev–Trinajstić information content (AvgIpc) is 3.19. The molecule has 0 fully saturated rings. The van der Waals surface area contributed by atoms with Gasteiger partial charge in [-0.3, -0.25) is 14.2 Å². The Hall–Kier alpha value is -3.33. The minimum absolute atomic E-state index is 0.139. The average molecular weight is 413 g/mol. The predicted octanol–water partition coefficient (Wildman–Crippen LogP) is 2.37. The number of hydrogen-bond acceptors (Lipinski definition) is 6. The molecule has 8 nitrogen and oxygen atoms in total. The van der Waals surface area contributed by atoms with Crippen molar-refractivity contribution in [2.24, 2.45) is 0 Å². The van der Waals surface area contributed by atoms with Gasteiger partial charge in [-0.05, 0) is 36.5 Å². The molecule has 0 spiro atoms. The van der Waals surface area contributed by atoms with Crippen LogP contribution in [-0.2, 0) is 11.3 Å². The smallest absolute Gasteiger partial charge is 0.262 e. The van der Waals surface area contributed by atoms with E-state index in [1.807, 2.05) is 6.07 Å². The quantitative estimate of drug-likeness (QED) is 0.456. The van der Waals surface area contributed by atoms with Gasteiger partial charge in [0.05, 0.1) is 17.4 Å². The molecule has 150 valence electrons. The number of ether oxygens (including phenoxy) is 3. The highest BCUT2D eigenvalue weighted by Gasteiger charge is 2.13. The summed E-state index contributed by atoms with van der Waals surface area (Å²) in [6.07, 6.45) is 0.139. The Labute approximate surface area is 171 Å². The summed E-state index contributed by atoms with van der Waals surface area (Å²) in [5.41, 5.74) is 0.479. The van der Waals surface area contributed by atoms with Crippen molar-refractivity contribution in [3.05, 3.63) is 57.6 Å². The molecular formula is C20H19N3O5S. The second-order valence-electron chi connectivity index (χ2n) is 6.40. The van der Waals surface area contributed by atoms with E-state index < -0.39 is 0 Å². The van der Waals surface area contributed by atoms with E-state index in [1.54, 1.807) is 36.4 Å². The minimum atomic E-state index is -0.205. The van der Waals surface area contributed by atoms with Crippen LogP contribution in [0.2, 0.25) is 0 Å². The van der Waals surface area contributed by atoms with E-state index in [9.17, 15) is 9.59 Å². The van der Waals surface area contributed by atoms with E-state index in [-0.39, 0.29) is 31.2 Å². The Morgan fingerprint density at radius 2 is 2.03 bits per heavy atom. The topological polar surface area (TPSA) is 94.6 Å². The van der Waals surface area contributed by atoms with Crippen molar-refractivity contribution in [2.75, 3.05) is 19.9 Å². The molecule has 1 amide bonds. The fourth-order valence-electron chi connectivity index (χ4n) is 3.03. The van der Waals surface area contributed by atoms with Crippen LogP contribution in [0.15, 0.2) is 47.3 Å². The number of nitrogens with zero attached hydrogens (tertiary/aromatic N) is 1. The second kappa shape index (κ2) is 8.36. The number of fused-ring (bicyclic) bond motifs is 2. The van der Waals surface area contributed by atoms with E-state index in [0.29, 0.717) is 46.1 Å². The Morgan fingerprint density at radius 1 is 1.21 bits per heavy atom. The summed E-state index contributed by atoms with van der Waals surface area (Å²) in [5.74, 6) is 1.78. The summed E-state index contributed by atoms with van der Waals surface area (Å²) in [6.45, 7) is 1.06. The van der Waals surface area contributed by atoms with Crippen molar-refractivity contribution in [1.29, 1.82) is 0 Å². The molecule has 1 aromatic heterocycles. The first-order valence-corrected chi connectivity index (χ1v) is 9.53. The van der Waals surface area contributed by atoms with Gasteiger partial charge in [0.1, 0.15) is 12.4 Å². The molecule has 2 aromatic carbocycles. The molecule has 4 rings (SSSR count). The number of carbonyl (C=O) groups is 1. The van der Waals surface area contributed by atoms with Crippen LogP contribution in [0.4, 0.5) is 0 Å². The highest BCUT2D eigenvalue weighted by atomic mass is 32.1. The first-order valence-electron chi connectivity index (χ1n) is 9.13. The molecule has 3 aromatic rings. The Bertz CT molecular complexity index is 1170. The zero-order valence-electron chi connectivity index (χ0n) is 15.5. The van der Waals surface area contributed by atoms with Gasteiger partial charge in [-0.15, -0.1) is 0 Å². The molecule has 0 aliphatic carbocycles. The van der Waals surface area contributed by atoms with Crippen molar-refractivity contribution in [1.82, 2.24) is 14.9 Å². The van der Waals surface area contributed by atoms with Crippen molar-refractivity contribution in [3.63, 3.8) is 0 Å². The lowest BCUT2D eigenvalue weighted by Crippen LogP contribution is -2.30. The number of aromatic amines is 1. The normalized spacial score (nSPS) is 12.1. The highest BCUT2D eigenvalue weighted by Crippen LogP contribution is 2.34. The van der Waals surface area contributed by atoms with Crippen LogP contribution in [-0.4, -0.2) is 35.4 Å². The van der Waals surface area contributed by atoms with Gasteiger partial charge in [0.2, 0.25) is 12.7 Å². The van der Waals surface area contributed by atoms with Gasteiger partial charge < -0.3 is 24.5 Å². The van der Waals surface area contributed by atoms with Gasteiger partial charge in [0, 0.05) is 19.0 Å². The molecule has 29 heavy (non-hydrogen) atoms. The summed E-state index contributed by atoms with van der Waals surface area (Å²) in [5, 5.41) is 3.31. The summed E-state index contributed by atoms with van der Waals surface area (Å²) in [4.78, 5) is 27.7. The number of benzene rings is 2. The minimum Gasteiger partial charge on any atom is -0.492 e. The maximum atomic E-state index is 12.6. The first-order chi connectivity index (χ1) is 14.1. The van der Waals surface area contributed by atoms with Crippen molar-refractivity contribution in [2.45, 2.75) is 13.0 Å². The summed E-state index contributed by atoms with van der Waals surface area (Å²) in [6, 6.07) is 12.5. The fourth-order valence-corrected chi connectivity index (χ4v) is 3.31. The number of H-pyrrole nitrogens is 1. The summed E-state index contributed by atoms with van der Waals surface area (Å²) in [7, 11) is 0. The Kier molecular flexibility index (Phi) is 5.48. The molecule has 1 aliphatic rings. The molecule has 1 aliphatic heterocycles. The number of para-hydroxylation sites is 1. The van der Waals surface area contributed by atoms with Crippen LogP contribution < -0.4 is 25.1 Å². The molecule has 9 heteroatoms. The van der Waals surface area contributed by atoms with E-state index in [0.717, 1.165) is 0 Å². The maximum absolute atomic E-state index is 12.6. The number of amides is 1. The van der Waals surface area contributed by atoms with Gasteiger partial charge in [-0.2, -0.15) is 0 Å². The molecule has 2 N–H and O–H groups in total. The maximum Gasteiger partial charge on any atom is 0.262 e. The molecule has 0 unspecified atom stereocenters. The number of hydrogen-bond donors (Lipinski definition) is 2. The van der Waals surface area contributed by atoms with Crippen LogP contribution in [0, 0.1) is 4.77 Å². The summed E-state index contributed by atoms with van der Waals surface area (Å²) >= 11 is 5.25. The molecule has 0 radical (unpaired) electrons. The Balaban J connectivity index is 1.27. The standard InChI is InChI=1S/C20H19N3O5S/c24-18(21-8-10-26-13-5-6-16-17(11-13)28-12-27-16)7-9-23-19(25)14-3-1-2-4-15(14)22-20(23)29/h1-6,11H,7-10,12H2,(H,21,24)(H,22,29). The molecule has 0 saturated heterocycles. The van der Waals surface area contributed by atoms with Crippen LogP contribution in [0.3, 0.4) is 0 Å². The second-order valence-corrected chi connectivity index (χ2v) is 6.78. The molecule has 0 bridgehead atoms. The molecule has 2 heterocycles. The van der Waals surface area contributed by atoms with Crippen LogP contribution in [0.25, 0.3) is 10.9 Å². The third-order valence-electron chi connectivity index (χ3n) is 4.49. The largest absolute Gasteiger partial charge is 0.492 e. The number of rotatable bonds is 7. The van der Waals surface area contributed by atoms with Crippen LogP contribution in [0.5, 0.6) is 17.2 Å². The predicted molar refractivity (Wildman–Crippen MR) is 109 cm³/mol. The van der Waals surface area contributed by atoms with Gasteiger partial charge in [0.15, 0.2) is 16.3 Å². The van der Waals surface area contributed by atoms with Crippen LogP contribution in [0.1, 0.15) is 6.42 Å². The van der Waals surface area contributed by atoms with E-state index >= 15 is 0 Å². The zero-order chi connectivity index (χ0) is 20.2. The molecular weight excluding hydrogens is 394 g/mol. The van der Waals surface area contributed by atoms with Crippen molar-refractivity contribution in [3.8, 4) is 17.2 Å². The first kappa shape index (κ1) is 19.0. The lowest BCUT2D eigenvalue weighted by atomic mass is 10.2. The SMILES string of the molecule is O=C(CCn1c(=S)[nH]c2ccccc2c1=O)NCCOc1ccc2c(c1)OCO2. The van der Waals surface area contributed by atoms with Crippen molar-refractivity contribution >= 4 is 29.0 Å². The number of aromatic nitrogens is 2. The number of nitrogens with one attached hydrogen (secondary N) is 2. The van der Waals surface area contributed by atoms with E-state index in [1.165, 1.54) is 4.57 Å². The van der Waals surface area contributed by atoms with Crippen LogP contribution >= 0.6 is 12.2 Å². The van der Waals surface area contributed by atoms with Gasteiger partial charge in [-0.25, -0.2) is 0 Å². The highest BCUT2D eigenvalue weighted by molar-refractivity contribution is 7.71. The number of carbonyl (C=O) groups excluding carboxylic acids is 1. The van der Waals surface area contributed by atoms with Gasteiger partial charge >= 0.3 is 0 Å². The monoisotopic (exact) mass is 413 g/mol. The zero-order valence-corrected chi connectivity index (χ0v) is 16.3. The lowest BCUT2D eigenvalue weighted by Gasteiger charge is -2.10. The fraction of sp³-hybridized carbons (Fsp3) is 0.250. The van der Waals surface area contributed by atoms with E-state index in [2.05, 4.69) is 10.3 Å².